The zero-order valence-corrected chi connectivity index (χ0v) is 16.0. The predicted molar refractivity (Wildman–Crippen MR) is 100 cm³/mol. The van der Waals surface area contributed by atoms with Gasteiger partial charge in [-0.2, -0.15) is 0 Å². The first-order chi connectivity index (χ1) is 12.2. The monoisotopic (exact) mass is 360 g/mol. The lowest BCUT2D eigenvalue weighted by atomic mass is 9.88. The van der Waals surface area contributed by atoms with Gasteiger partial charge >= 0.3 is 5.97 Å². The molecule has 6 heteroatoms. The van der Waals surface area contributed by atoms with Gasteiger partial charge in [-0.15, -0.1) is 0 Å². The van der Waals surface area contributed by atoms with Crippen molar-refractivity contribution in [2.45, 2.75) is 58.9 Å². The molecule has 1 aromatic rings. The van der Waals surface area contributed by atoms with Gasteiger partial charge in [0.1, 0.15) is 0 Å². The molecule has 0 aromatic heterocycles. The van der Waals surface area contributed by atoms with E-state index in [9.17, 15) is 14.4 Å². The van der Waals surface area contributed by atoms with Crippen molar-refractivity contribution in [1.29, 1.82) is 0 Å². The smallest absolute Gasteiger partial charge is 0.305 e. The van der Waals surface area contributed by atoms with E-state index >= 15 is 0 Å². The lowest BCUT2D eigenvalue weighted by molar-refractivity contribution is -0.139. The van der Waals surface area contributed by atoms with Crippen LogP contribution < -0.4 is 10.2 Å². The number of nitrogens with zero attached hydrogens (tertiary/aromatic N) is 1. The predicted octanol–water partition coefficient (Wildman–Crippen LogP) is 2.81. The molecule has 0 saturated carbocycles. The molecule has 0 spiro atoms. The van der Waals surface area contributed by atoms with Gasteiger partial charge < -0.3 is 15.3 Å². The molecule has 1 aliphatic rings. The van der Waals surface area contributed by atoms with E-state index in [-0.39, 0.29) is 24.7 Å². The van der Waals surface area contributed by atoms with Gasteiger partial charge in [0.15, 0.2) is 0 Å². The molecule has 0 bridgehead atoms. The van der Waals surface area contributed by atoms with Crippen molar-refractivity contribution in [2.75, 3.05) is 11.4 Å². The molecular weight excluding hydrogens is 332 g/mol. The van der Waals surface area contributed by atoms with Crippen LogP contribution in [-0.2, 0) is 14.4 Å². The van der Waals surface area contributed by atoms with Gasteiger partial charge in [0.05, 0.1) is 12.3 Å². The maximum atomic E-state index is 12.8. The molecule has 0 aliphatic carbocycles. The summed E-state index contributed by atoms with van der Waals surface area (Å²) in [7, 11) is 0. The SMILES string of the molecule is CCC(CC)(CC(=O)O)NC(=O)C1CC(=O)N(c2cccc(C)c2C)C1. The fourth-order valence-corrected chi connectivity index (χ4v) is 3.52. The summed E-state index contributed by atoms with van der Waals surface area (Å²) in [5, 5.41) is 12.1. The van der Waals surface area contributed by atoms with E-state index in [0.29, 0.717) is 19.4 Å². The van der Waals surface area contributed by atoms with Crippen LogP contribution in [0.2, 0.25) is 0 Å². The third-order valence-electron chi connectivity index (χ3n) is 5.59. The number of carboxylic acids is 1. The number of carboxylic acid groups (broad SMARTS) is 1. The molecule has 1 aromatic carbocycles. The average Bonchev–Trinajstić information content (AvgIpc) is 2.98. The quantitative estimate of drug-likeness (QED) is 0.783. The van der Waals surface area contributed by atoms with Crippen LogP contribution in [0.1, 0.15) is 50.7 Å². The van der Waals surface area contributed by atoms with E-state index in [0.717, 1.165) is 16.8 Å². The molecule has 2 amide bonds. The van der Waals surface area contributed by atoms with Crippen molar-refractivity contribution < 1.29 is 19.5 Å². The number of anilines is 1. The van der Waals surface area contributed by atoms with Crippen LogP contribution in [0.4, 0.5) is 5.69 Å². The Bertz CT molecular complexity index is 710. The van der Waals surface area contributed by atoms with Crippen LogP contribution >= 0.6 is 0 Å². The second-order valence-electron chi connectivity index (χ2n) is 7.17. The summed E-state index contributed by atoms with van der Waals surface area (Å²) >= 11 is 0. The van der Waals surface area contributed by atoms with Crippen LogP contribution in [0.5, 0.6) is 0 Å². The first-order valence-corrected chi connectivity index (χ1v) is 9.13. The number of carbonyl (C=O) groups is 3. The number of aliphatic carboxylic acids is 1. The van der Waals surface area contributed by atoms with Crippen molar-refractivity contribution in [3.8, 4) is 0 Å². The Hall–Kier alpha value is -2.37. The average molecular weight is 360 g/mol. The Kier molecular flexibility index (Phi) is 6.05. The summed E-state index contributed by atoms with van der Waals surface area (Å²) in [4.78, 5) is 38.1. The van der Waals surface area contributed by atoms with Gasteiger partial charge in [0.2, 0.25) is 11.8 Å². The number of hydrogen-bond acceptors (Lipinski definition) is 3. The van der Waals surface area contributed by atoms with Crippen LogP contribution in [0.25, 0.3) is 0 Å². The van der Waals surface area contributed by atoms with Gasteiger partial charge in [0, 0.05) is 24.2 Å². The van der Waals surface area contributed by atoms with Gasteiger partial charge in [-0.3, -0.25) is 14.4 Å². The van der Waals surface area contributed by atoms with Crippen molar-refractivity contribution in [3.05, 3.63) is 29.3 Å². The third kappa shape index (κ3) is 4.06. The summed E-state index contributed by atoms with van der Waals surface area (Å²) in [6.07, 6.45) is 1.09. The molecule has 26 heavy (non-hydrogen) atoms. The fraction of sp³-hybridized carbons (Fsp3) is 0.550. The largest absolute Gasteiger partial charge is 0.481 e. The maximum Gasteiger partial charge on any atom is 0.305 e. The van der Waals surface area contributed by atoms with Gasteiger partial charge in [-0.05, 0) is 43.9 Å². The van der Waals surface area contributed by atoms with Crippen molar-refractivity contribution in [2.24, 2.45) is 5.92 Å². The number of benzene rings is 1. The second-order valence-corrected chi connectivity index (χ2v) is 7.17. The Balaban J connectivity index is 2.15. The van der Waals surface area contributed by atoms with E-state index in [1.165, 1.54) is 0 Å². The first-order valence-electron chi connectivity index (χ1n) is 9.13. The highest BCUT2D eigenvalue weighted by Gasteiger charge is 2.39. The first kappa shape index (κ1) is 19.9. The number of nitrogens with one attached hydrogen (secondary N) is 1. The number of aryl methyl sites for hydroxylation is 1. The standard InChI is InChI=1S/C20H28N2O4/c1-5-20(6-2,11-18(24)25)21-19(26)15-10-17(23)22(12-15)16-9-7-8-13(3)14(16)4/h7-9,15H,5-6,10-12H2,1-4H3,(H,21,26)(H,24,25). The number of carbonyl (C=O) groups excluding carboxylic acids is 2. The Labute approximate surface area is 154 Å². The summed E-state index contributed by atoms with van der Waals surface area (Å²) in [5.74, 6) is -1.71. The maximum absolute atomic E-state index is 12.8. The van der Waals surface area contributed by atoms with Crippen LogP contribution in [-0.4, -0.2) is 35.0 Å². The summed E-state index contributed by atoms with van der Waals surface area (Å²) in [5.41, 5.74) is 2.21. The molecule has 2 rings (SSSR count). The molecule has 142 valence electrons. The minimum atomic E-state index is -0.937. The van der Waals surface area contributed by atoms with Crippen LogP contribution in [0.15, 0.2) is 18.2 Å². The Morgan fingerprint density at radius 3 is 2.50 bits per heavy atom. The summed E-state index contributed by atoms with van der Waals surface area (Å²) < 4.78 is 0. The number of rotatable bonds is 7. The minimum Gasteiger partial charge on any atom is -0.481 e. The van der Waals surface area contributed by atoms with Crippen molar-refractivity contribution in [3.63, 3.8) is 0 Å². The molecule has 1 atom stereocenters. The topological polar surface area (TPSA) is 86.7 Å². The van der Waals surface area contributed by atoms with E-state index in [4.69, 9.17) is 5.11 Å². The fourth-order valence-electron chi connectivity index (χ4n) is 3.52. The van der Waals surface area contributed by atoms with Crippen molar-refractivity contribution in [1.82, 2.24) is 5.32 Å². The second kappa shape index (κ2) is 7.89. The molecular formula is C20H28N2O4. The molecule has 1 aliphatic heterocycles. The lowest BCUT2D eigenvalue weighted by Gasteiger charge is -2.32. The van der Waals surface area contributed by atoms with Crippen LogP contribution in [0.3, 0.4) is 0 Å². The van der Waals surface area contributed by atoms with Gasteiger partial charge in [-0.25, -0.2) is 0 Å². The molecule has 6 nitrogen and oxygen atoms in total. The van der Waals surface area contributed by atoms with Gasteiger partial charge in [0.25, 0.3) is 0 Å². The third-order valence-corrected chi connectivity index (χ3v) is 5.59. The van der Waals surface area contributed by atoms with E-state index in [1.54, 1.807) is 4.90 Å². The molecule has 1 fully saturated rings. The zero-order chi connectivity index (χ0) is 19.5. The Morgan fingerprint density at radius 2 is 1.92 bits per heavy atom. The van der Waals surface area contributed by atoms with E-state index < -0.39 is 17.4 Å². The summed E-state index contributed by atoms with van der Waals surface area (Å²) in [6.45, 7) is 8.03. The lowest BCUT2D eigenvalue weighted by Crippen LogP contribution is -2.51. The highest BCUT2D eigenvalue weighted by atomic mass is 16.4. The number of amides is 2. The Morgan fingerprint density at radius 1 is 1.27 bits per heavy atom. The molecule has 1 saturated heterocycles. The molecule has 2 N–H and O–H groups in total. The van der Waals surface area contributed by atoms with E-state index in [1.807, 2.05) is 45.9 Å². The van der Waals surface area contributed by atoms with E-state index in [2.05, 4.69) is 5.32 Å². The molecule has 1 unspecified atom stereocenters. The molecule has 0 radical (unpaired) electrons. The summed E-state index contributed by atoms with van der Waals surface area (Å²) in [6, 6.07) is 5.80. The minimum absolute atomic E-state index is 0.0734. The van der Waals surface area contributed by atoms with Crippen molar-refractivity contribution >= 4 is 23.5 Å². The van der Waals surface area contributed by atoms with Crippen LogP contribution in [0, 0.1) is 19.8 Å². The zero-order valence-electron chi connectivity index (χ0n) is 16.0. The number of hydrogen-bond donors (Lipinski definition) is 2. The highest BCUT2D eigenvalue weighted by molar-refractivity contribution is 6.01. The highest BCUT2D eigenvalue weighted by Crippen LogP contribution is 2.30. The van der Waals surface area contributed by atoms with Gasteiger partial charge in [-0.1, -0.05) is 26.0 Å². The molecule has 1 heterocycles. The normalized spacial score (nSPS) is 17.5.